The topological polar surface area (TPSA) is 63.1 Å². The highest BCUT2D eigenvalue weighted by Gasteiger charge is 2.17. The van der Waals surface area contributed by atoms with Gasteiger partial charge in [0.05, 0.1) is 28.8 Å². The van der Waals surface area contributed by atoms with Crippen molar-refractivity contribution in [3.05, 3.63) is 46.7 Å². The molecule has 2 aromatic heterocycles. The van der Waals surface area contributed by atoms with Crippen molar-refractivity contribution in [2.75, 3.05) is 24.3 Å². The van der Waals surface area contributed by atoms with Crippen LogP contribution in [-0.4, -0.2) is 34.8 Å². The summed E-state index contributed by atoms with van der Waals surface area (Å²) in [5.74, 6) is -0.223. The number of fused-ring (bicyclic) bond motifs is 1. The molecule has 0 unspecified atom stereocenters. The molecule has 0 saturated heterocycles. The van der Waals surface area contributed by atoms with E-state index in [0.717, 1.165) is 16.7 Å². The molecule has 1 N–H and O–H groups in total. The summed E-state index contributed by atoms with van der Waals surface area (Å²) < 4.78 is 1.85. The molecule has 0 spiro atoms. The normalized spacial score (nSPS) is 11.2. The first-order valence-corrected chi connectivity index (χ1v) is 8.79. The van der Waals surface area contributed by atoms with E-state index >= 15 is 0 Å². The maximum Gasteiger partial charge on any atom is 0.257 e. The van der Waals surface area contributed by atoms with Crippen LogP contribution in [0.3, 0.4) is 0 Å². The minimum Gasteiger partial charge on any atom is -0.376 e. The van der Waals surface area contributed by atoms with Crippen molar-refractivity contribution in [2.24, 2.45) is 0 Å². The molecule has 0 aliphatic carbocycles. The Morgan fingerprint density at radius 3 is 2.65 bits per heavy atom. The van der Waals surface area contributed by atoms with E-state index in [1.54, 1.807) is 18.3 Å². The van der Waals surface area contributed by atoms with E-state index in [1.165, 1.54) is 0 Å². The van der Waals surface area contributed by atoms with E-state index < -0.39 is 0 Å². The van der Waals surface area contributed by atoms with Gasteiger partial charge in [0.15, 0.2) is 5.65 Å². The van der Waals surface area contributed by atoms with Crippen LogP contribution in [0.2, 0.25) is 5.02 Å². The molecule has 0 fully saturated rings. The number of benzene rings is 1. The van der Waals surface area contributed by atoms with E-state index in [9.17, 15) is 4.79 Å². The Labute approximate surface area is 157 Å². The lowest BCUT2D eigenvalue weighted by molar-refractivity contribution is 0.102. The minimum absolute atomic E-state index is 0.202. The molecule has 3 aromatic rings. The summed E-state index contributed by atoms with van der Waals surface area (Å²) in [6, 6.07) is 7.45. The van der Waals surface area contributed by atoms with Gasteiger partial charge in [-0.25, -0.2) is 9.67 Å². The molecule has 7 heteroatoms. The van der Waals surface area contributed by atoms with E-state index in [2.05, 4.69) is 15.4 Å². The molecule has 136 valence electrons. The summed E-state index contributed by atoms with van der Waals surface area (Å²) in [5, 5.41) is 8.72. The van der Waals surface area contributed by atoms with Crippen molar-refractivity contribution in [1.29, 1.82) is 0 Å². The third-order valence-corrected chi connectivity index (χ3v) is 4.42. The van der Waals surface area contributed by atoms with Gasteiger partial charge in [-0.3, -0.25) is 4.79 Å². The molecular weight excluding hydrogens is 350 g/mol. The van der Waals surface area contributed by atoms with E-state index in [1.807, 2.05) is 56.6 Å². The number of hydrogen-bond acceptors (Lipinski definition) is 4. The molecule has 1 aromatic carbocycles. The van der Waals surface area contributed by atoms with Crippen molar-refractivity contribution in [3.8, 4) is 0 Å². The largest absolute Gasteiger partial charge is 0.376 e. The number of nitrogens with zero attached hydrogens (tertiary/aromatic N) is 4. The molecule has 26 heavy (non-hydrogen) atoms. The number of carbonyl (C=O) groups excluding carboxylic acids is 1. The lowest BCUT2D eigenvalue weighted by Gasteiger charge is -2.18. The first-order chi connectivity index (χ1) is 12.3. The van der Waals surface area contributed by atoms with Gasteiger partial charge < -0.3 is 10.2 Å². The maximum absolute atomic E-state index is 12.9. The number of hydrogen-bond donors (Lipinski definition) is 1. The van der Waals surface area contributed by atoms with E-state index in [-0.39, 0.29) is 11.9 Å². The number of rotatable bonds is 4. The van der Waals surface area contributed by atoms with E-state index in [0.29, 0.717) is 22.0 Å². The molecule has 0 aliphatic heterocycles. The second kappa shape index (κ2) is 6.96. The first kappa shape index (κ1) is 18.2. The minimum atomic E-state index is -0.223. The number of anilines is 2. The zero-order valence-electron chi connectivity index (χ0n) is 15.5. The van der Waals surface area contributed by atoms with Gasteiger partial charge in [0.2, 0.25) is 0 Å². The summed E-state index contributed by atoms with van der Waals surface area (Å²) in [6.45, 7) is 5.93. The van der Waals surface area contributed by atoms with Gasteiger partial charge in [0.1, 0.15) is 0 Å². The lowest BCUT2D eigenvalue weighted by atomic mass is 10.1. The molecule has 0 bridgehead atoms. The van der Waals surface area contributed by atoms with Crippen molar-refractivity contribution >= 4 is 39.9 Å². The summed E-state index contributed by atoms with van der Waals surface area (Å²) in [7, 11) is 3.83. The Balaban J connectivity index is 1.99. The predicted octanol–water partition coefficient (Wildman–Crippen LogP) is 4.29. The Kier molecular flexibility index (Phi) is 4.87. The third-order valence-electron chi connectivity index (χ3n) is 4.18. The van der Waals surface area contributed by atoms with Crippen LogP contribution in [0.25, 0.3) is 11.0 Å². The quantitative estimate of drug-likeness (QED) is 0.743. The highest BCUT2D eigenvalue weighted by atomic mass is 35.5. The second-order valence-electron chi connectivity index (χ2n) is 6.73. The van der Waals surface area contributed by atoms with Gasteiger partial charge in [-0.05, 0) is 45.0 Å². The van der Waals surface area contributed by atoms with Gasteiger partial charge in [0.25, 0.3) is 5.91 Å². The smallest absolute Gasteiger partial charge is 0.257 e. The van der Waals surface area contributed by atoms with Crippen molar-refractivity contribution in [2.45, 2.75) is 26.8 Å². The number of halogens is 1. The number of pyridine rings is 1. The Morgan fingerprint density at radius 1 is 1.27 bits per heavy atom. The van der Waals surface area contributed by atoms with Crippen LogP contribution >= 0.6 is 11.6 Å². The Hall–Kier alpha value is -2.60. The van der Waals surface area contributed by atoms with Gasteiger partial charge in [-0.1, -0.05) is 11.6 Å². The van der Waals surface area contributed by atoms with E-state index in [4.69, 9.17) is 11.6 Å². The van der Waals surface area contributed by atoms with Crippen LogP contribution in [0.5, 0.6) is 0 Å². The zero-order chi connectivity index (χ0) is 19.0. The fourth-order valence-electron chi connectivity index (χ4n) is 2.86. The lowest BCUT2D eigenvalue weighted by Crippen LogP contribution is -2.18. The number of nitrogens with one attached hydrogen (secondary N) is 1. The van der Waals surface area contributed by atoms with Crippen molar-refractivity contribution in [3.63, 3.8) is 0 Å². The number of carbonyl (C=O) groups is 1. The maximum atomic E-state index is 12.9. The first-order valence-electron chi connectivity index (χ1n) is 8.41. The van der Waals surface area contributed by atoms with Crippen LogP contribution in [0, 0.1) is 6.92 Å². The highest BCUT2D eigenvalue weighted by Crippen LogP contribution is 2.29. The predicted molar refractivity (Wildman–Crippen MR) is 106 cm³/mol. The monoisotopic (exact) mass is 371 g/mol. The zero-order valence-corrected chi connectivity index (χ0v) is 16.3. The summed E-state index contributed by atoms with van der Waals surface area (Å²) >= 11 is 6.10. The average molecular weight is 372 g/mol. The van der Waals surface area contributed by atoms with Crippen molar-refractivity contribution < 1.29 is 4.79 Å². The number of aromatic nitrogens is 3. The molecule has 0 saturated carbocycles. The Morgan fingerprint density at radius 2 is 2.00 bits per heavy atom. The Bertz CT molecular complexity index is 977. The van der Waals surface area contributed by atoms with Gasteiger partial charge in [0, 0.05) is 30.5 Å². The molecule has 6 nitrogen and oxygen atoms in total. The second-order valence-corrected chi connectivity index (χ2v) is 7.16. The summed E-state index contributed by atoms with van der Waals surface area (Å²) in [4.78, 5) is 19.4. The molecular formula is C19H22ClN5O. The molecule has 0 aliphatic rings. The fourth-order valence-corrected chi connectivity index (χ4v) is 3.03. The fraction of sp³-hybridized carbons (Fsp3) is 0.316. The summed E-state index contributed by atoms with van der Waals surface area (Å²) in [5.41, 5.74) is 3.49. The van der Waals surface area contributed by atoms with Crippen LogP contribution in [-0.2, 0) is 0 Å². The number of aryl methyl sites for hydroxylation is 1. The number of amides is 1. The SMILES string of the molecule is Cc1nc2c(cnn2C(C)C)cc1C(=O)Nc1cc(Cl)ccc1N(C)C. The summed E-state index contributed by atoms with van der Waals surface area (Å²) in [6.07, 6.45) is 1.74. The molecule has 0 radical (unpaired) electrons. The van der Waals surface area contributed by atoms with Crippen LogP contribution < -0.4 is 10.2 Å². The highest BCUT2D eigenvalue weighted by molar-refractivity contribution is 6.31. The van der Waals surface area contributed by atoms with Gasteiger partial charge in [-0.2, -0.15) is 5.10 Å². The van der Waals surface area contributed by atoms with Crippen LogP contribution in [0.15, 0.2) is 30.5 Å². The molecule has 3 rings (SSSR count). The van der Waals surface area contributed by atoms with Gasteiger partial charge >= 0.3 is 0 Å². The van der Waals surface area contributed by atoms with Crippen molar-refractivity contribution in [1.82, 2.24) is 14.8 Å². The standard InChI is InChI=1S/C19H22ClN5O/c1-11(2)25-18-13(10-21-25)8-15(12(3)22-18)19(26)23-16-9-14(20)6-7-17(16)24(4)5/h6-11H,1-5H3,(H,23,26). The van der Waals surface area contributed by atoms with Crippen LogP contribution in [0.1, 0.15) is 35.9 Å². The van der Waals surface area contributed by atoms with Gasteiger partial charge in [-0.15, -0.1) is 0 Å². The molecule has 2 heterocycles. The average Bonchev–Trinajstić information content (AvgIpc) is 2.96. The third kappa shape index (κ3) is 3.37. The molecule has 0 atom stereocenters. The van der Waals surface area contributed by atoms with Crippen LogP contribution in [0.4, 0.5) is 11.4 Å². The molecule has 1 amide bonds.